The molecule has 116 valence electrons. The molecule has 0 N–H and O–H groups in total. The first-order chi connectivity index (χ1) is 12.1. The van der Waals surface area contributed by atoms with E-state index in [1.807, 2.05) is 61.5 Å². The summed E-state index contributed by atoms with van der Waals surface area (Å²) in [5.74, 6) is 0. The quantitative estimate of drug-likeness (QED) is 0.638. The van der Waals surface area contributed by atoms with Crippen LogP contribution in [-0.4, -0.2) is 14.1 Å². The summed E-state index contributed by atoms with van der Waals surface area (Å²) in [4.78, 5) is 1.86. The molecule has 3 aromatic rings. The maximum Gasteiger partial charge on any atom is 0.102 e. The molecule has 25 heavy (non-hydrogen) atoms. The summed E-state index contributed by atoms with van der Waals surface area (Å²) in [7, 11) is 3.69. The normalized spacial score (nSPS) is 9.84. The van der Waals surface area contributed by atoms with Gasteiger partial charge in [-0.05, 0) is 11.5 Å². The van der Waals surface area contributed by atoms with E-state index in [1.165, 1.54) is 0 Å². The standard InChI is InChI=1S/C20H11N5/c1-25(2)20-13-6-4-3-5-12(13)7-14-15(8-21)16(9-22)17(10-23)18(11-24)19(14)20/h3-7H,1-2H3. The summed E-state index contributed by atoms with van der Waals surface area (Å²) >= 11 is 0. The van der Waals surface area contributed by atoms with Crippen molar-refractivity contribution in [2.45, 2.75) is 0 Å². The van der Waals surface area contributed by atoms with E-state index in [2.05, 4.69) is 6.07 Å². The third-order valence-electron chi connectivity index (χ3n) is 4.19. The van der Waals surface area contributed by atoms with Crippen molar-refractivity contribution in [1.29, 1.82) is 21.0 Å². The van der Waals surface area contributed by atoms with Gasteiger partial charge in [0.1, 0.15) is 24.3 Å². The highest BCUT2D eigenvalue weighted by atomic mass is 15.1. The number of rotatable bonds is 1. The molecule has 0 saturated carbocycles. The van der Waals surface area contributed by atoms with E-state index in [1.54, 1.807) is 6.07 Å². The molecule has 3 aromatic carbocycles. The van der Waals surface area contributed by atoms with Crippen molar-refractivity contribution in [2.24, 2.45) is 0 Å². The van der Waals surface area contributed by atoms with Crippen molar-refractivity contribution in [3.63, 3.8) is 0 Å². The predicted molar refractivity (Wildman–Crippen MR) is 94.6 cm³/mol. The molecule has 0 saturated heterocycles. The number of hydrogen-bond acceptors (Lipinski definition) is 5. The summed E-state index contributed by atoms with van der Waals surface area (Å²) in [5, 5.41) is 41.1. The molecule has 0 aromatic heterocycles. The zero-order valence-corrected chi connectivity index (χ0v) is 13.6. The molecule has 0 aliphatic carbocycles. The molecule has 0 amide bonds. The van der Waals surface area contributed by atoms with Gasteiger partial charge in [-0.15, -0.1) is 0 Å². The van der Waals surface area contributed by atoms with E-state index in [9.17, 15) is 21.0 Å². The average Bonchev–Trinajstić information content (AvgIpc) is 2.63. The van der Waals surface area contributed by atoms with Gasteiger partial charge in [0.05, 0.1) is 27.9 Å². The first kappa shape index (κ1) is 15.8. The van der Waals surface area contributed by atoms with Crippen LogP contribution in [-0.2, 0) is 0 Å². The first-order valence-corrected chi connectivity index (χ1v) is 7.42. The molecular weight excluding hydrogens is 310 g/mol. The first-order valence-electron chi connectivity index (χ1n) is 7.42. The van der Waals surface area contributed by atoms with E-state index in [4.69, 9.17) is 0 Å². The zero-order valence-electron chi connectivity index (χ0n) is 13.6. The van der Waals surface area contributed by atoms with Gasteiger partial charge in [-0.2, -0.15) is 21.0 Å². The molecule has 0 radical (unpaired) electrons. The predicted octanol–water partition coefficient (Wildman–Crippen LogP) is 3.55. The Morgan fingerprint density at radius 3 is 1.84 bits per heavy atom. The van der Waals surface area contributed by atoms with Crippen molar-refractivity contribution in [3.05, 3.63) is 52.6 Å². The molecule has 5 nitrogen and oxygen atoms in total. The Hall–Kier alpha value is -4.06. The molecule has 0 unspecified atom stereocenters. The second-order valence-corrected chi connectivity index (χ2v) is 5.71. The fourth-order valence-corrected chi connectivity index (χ4v) is 3.20. The van der Waals surface area contributed by atoms with Crippen LogP contribution < -0.4 is 4.90 Å². The van der Waals surface area contributed by atoms with Crippen molar-refractivity contribution in [3.8, 4) is 24.3 Å². The Labute approximate surface area is 144 Å². The second-order valence-electron chi connectivity index (χ2n) is 5.71. The summed E-state index contributed by atoms with van der Waals surface area (Å²) in [6, 6.07) is 17.4. The Balaban J connectivity index is 2.81. The lowest BCUT2D eigenvalue weighted by molar-refractivity contribution is 1.15. The van der Waals surface area contributed by atoms with Crippen LogP contribution in [0.15, 0.2) is 30.3 Å². The molecule has 0 bridgehead atoms. The van der Waals surface area contributed by atoms with Crippen LogP contribution >= 0.6 is 0 Å². The lowest BCUT2D eigenvalue weighted by Crippen LogP contribution is -2.11. The van der Waals surface area contributed by atoms with Gasteiger partial charge in [-0.25, -0.2) is 0 Å². The van der Waals surface area contributed by atoms with Gasteiger partial charge in [0, 0.05) is 30.3 Å². The van der Waals surface area contributed by atoms with Crippen LogP contribution in [0, 0.1) is 45.3 Å². The highest BCUT2D eigenvalue weighted by Gasteiger charge is 2.23. The number of fused-ring (bicyclic) bond motifs is 2. The van der Waals surface area contributed by atoms with Crippen molar-refractivity contribution in [2.75, 3.05) is 19.0 Å². The SMILES string of the molecule is CN(C)c1c2ccccc2cc2c(C#N)c(C#N)c(C#N)c(C#N)c12. The number of nitrogens with zero attached hydrogens (tertiary/aromatic N) is 5. The summed E-state index contributed by atoms with van der Waals surface area (Å²) in [6.45, 7) is 0. The van der Waals surface area contributed by atoms with Crippen LogP contribution in [0.1, 0.15) is 22.3 Å². The van der Waals surface area contributed by atoms with Crippen LogP contribution in [0.3, 0.4) is 0 Å². The van der Waals surface area contributed by atoms with Crippen LogP contribution in [0.4, 0.5) is 5.69 Å². The molecule has 0 aliphatic heterocycles. The molecule has 0 heterocycles. The number of nitriles is 4. The van der Waals surface area contributed by atoms with Gasteiger partial charge in [0.2, 0.25) is 0 Å². The van der Waals surface area contributed by atoms with Crippen LogP contribution in [0.2, 0.25) is 0 Å². The topological polar surface area (TPSA) is 98.4 Å². The Bertz CT molecular complexity index is 1210. The second kappa shape index (κ2) is 5.86. The lowest BCUT2D eigenvalue weighted by Gasteiger charge is -2.21. The molecule has 0 aliphatic rings. The third-order valence-corrected chi connectivity index (χ3v) is 4.19. The highest BCUT2D eigenvalue weighted by molar-refractivity contribution is 6.15. The van der Waals surface area contributed by atoms with Crippen LogP contribution in [0.25, 0.3) is 21.5 Å². The minimum atomic E-state index is -0.0487. The minimum Gasteiger partial charge on any atom is -0.377 e. The summed E-state index contributed by atoms with van der Waals surface area (Å²) < 4.78 is 0. The minimum absolute atomic E-state index is 0.0472. The molecular formula is C20H11N5. The van der Waals surface area contributed by atoms with E-state index in [0.29, 0.717) is 10.8 Å². The Kier molecular flexibility index (Phi) is 3.71. The zero-order chi connectivity index (χ0) is 18.1. The maximum absolute atomic E-state index is 9.70. The van der Waals surface area contributed by atoms with Crippen molar-refractivity contribution >= 4 is 27.2 Å². The molecule has 0 atom stereocenters. The van der Waals surface area contributed by atoms with Gasteiger partial charge in [0.15, 0.2) is 0 Å². The molecule has 0 fully saturated rings. The highest BCUT2D eigenvalue weighted by Crippen LogP contribution is 2.40. The largest absolute Gasteiger partial charge is 0.377 e. The number of anilines is 1. The smallest absolute Gasteiger partial charge is 0.102 e. The van der Waals surface area contributed by atoms with Gasteiger partial charge in [-0.3, -0.25) is 0 Å². The Morgan fingerprint density at radius 2 is 1.28 bits per heavy atom. The summed E-state index contributed by atoms with van der Waals surface area (Å²) in [5.41, 5.74) is 0.910. The van der Waals surface area contributed by atoms with Crippen molar-refractivity contribution < 1.29 is 0 Å². The van der Waals surface area contributed by atoms with Gasteiger partial charge in [0.25, 0.3) is 0 Å². The third kappa shape index (κ3) is 2.13. The lowest BCUT2D eigenvalue weighted by atomic mass is 9.87. The Morgan fingerprint density at radius 1 is 0.720 bits per heavy atom. The fourth-order valence-electron chi connectivity index (χ4n) is 3.20. The number of hydrogen-bond donors (Lipinski definition) is 0. The van der Waals surface area contributed by atoms with Gasteiger partial charge >= 0.3 is 0 Å². The van der Waals surface area contributed by atoms with Gasteiger partial charge in [-0.1, -0.05) is 24.3 Å². The van der Waals surface area contributed by atoms with Gasteiger partial charge < -0.3 is 4.90 Å². The van der Waals surface area contributed by atoms with E-state index in [-0.39, 0.29) is 22.3 Å². The number of benzene rings is 3. The van der Waals surface area contributed by atoms with Crippen molar-refractivity contribution in [1.82, 2.24) is 0 Å². The summed E-state index contributed by atoms with van der Waals surface area (Å²) in [6.07, 6.45) is 0. The fraction of sp³-hybridized carbons (Fsp3) is 0.100. The molecule has 0 spiro atoms. The van der Waals surface area contributed by atoms with E-state index in [0.717, 1.165) is 16.5 Å². The van der Waals surface area contributed by atoms with E-state index >= 15 is 0 Å². The molecule has 5 heteroatoms. The molecule has 3 rings (SSSR count). The van der Waals surface area contributed by atoms with E-state index < -0.39 is 0 Å². The average molecular weight is 321 g/mol. The maximum atomic E-state index is 9.70. The monoisotopic (exact) mass is 321 g/mol. The van der Waals surface area contributed by atoms with Crippen LogP contribution in [0.5, 0.6) is 0 Å².